The Labute approximate surface area is 157 Å². The van der Waals surface area contributed by atoms with Gasteiger partial charge >= 0.3 is 11.8 Å². The smallest absolute Gasteiger partial charge is 0.315 e. The molecule has 2 aliphatic heterocycles. The standard InChI is InChI=1S/C19H21ClN4O2/c20-15-4-1-3-14(11-15)13-6-9-23(10-7-13)19(26)18(25)21-17-12-16-5-2-8-24(16)22-17/h1,3-4,11-13H,2,5-10H2,(H,21,22,25). The molecule has 6 nitrogen and oxygen atoms in total. The second-order valence-corrected chi connectivity index (χ2v) is 7.36. The molecule has 26 heavy (non-hydrogen) atoms. The molecule has 2 aliphatic rings. The number of aromatic nitrogens is 2. The van der Waals surface area contributed by atoms with Crippen LogP contribution in [0.15, 0.2) is 30.3 Å². The van der Waals surface area contributed by atoms with Crippen LogP contribution in [0.2, 0.25) is 5.02 Å². The molecule has 7 heteroatoms. The summed E-state index contributed by atoms with van der Waals surface area (Å²) in [4.78, 5) is 26.3. The number of likely N-dealkylation sites (tertiary alicyclic amines) is 1. The summed E-state index contributed by atoms with van der Waals surface area (Å²) >= 11 is 6.06. The van der Waals surface area contributed by atoms with Crippen LogP contribution in [-0.4, -0.2) is 39.6 Å². The molecule has 0 aliphatic carbocycles. The fourth-order valence-corrected chi connectivity index (χ4v) is 4.01. The average Bonchev–Trinajstić information content (AvgIpc) is 3.23. The number of hydrogen-bond donors (Lipinski definition) is 1. The van der Waals surface area contributed by atoms with Gasteiger partial charge in [0, 0.05) is 36.4 Å². The zero-order valence-corrected chi connectivity index (χ0v) is 15.2. The minimum absolute atomic E-state index is 0.372. The van der Waals surface area contributed by atoms with Gasteiger partial charge in [-0.3, -0.25) is 14.3 Å². The van der Waals surface area contributed by atoms with Gasteiger partial charge in [0.1, 0.15) is 0 Å². The monoisotopic (exact) mass is 372 g/mol. The van der Waals surface area contributed by atoms with Crippen LogP contribution in [0.3, 0.4) is 0 Å². The third kappa shape index (κ3) is 3.46. The van der Waals surface area contributed by atoms with E-state index in [1.807, 2.05) is 28.9 Å². The number of nitrogens with one attached hydrogen (secondary N) is 1. The number of hydrogen-bond acceptors (Lipinski definition) is 3. The van der Waals surface area contributed by atoms with Gasteiger partial charge < -0.3 is 10.2 Å². The molecule has 1 saturated heterocycles. The predicted octanol–water partition coefficient (Wildman–Crippen LogP) is 2.83. The quantitative estimate of drug-likeness (QED) is 0.824. The van der Waals surface area contributed by atoms with E-state index >= 15 is 0 Å². The predicted molar refractivity (Wildman–Crippen MR) is 99.2 cm³/mol. The van der Waals surface area contributed by atoms with E-state index in [9.17, 15) is 9.59 Å². The van der Waals surface area contributed by atoms with E-state index in [1.165, 1.54) is 5.56 Å². The van der Waals surface area contributed by atoms with Crippen molar-refractivity contribution in [2.75, 3.05) is 18.4 Å². The van der Waals surface area contributed by atoms with E-state index in [0.717, 1.165) is 42.9 Å². The summed E-state index contributed by atoms with van der Waals surface area (Å²) in [6.07, 6.45) is 3.71. The summed E-state index contributed by atoms with van der Waals surface area (Å²) in [7, 11) is 0. The van der Waals surface area contributed by atoms with Crippen LogP contribution in [0.5, 0.6) is 0 Å². The van der Waals surface area contributed by atoms with Crippen LogP contribution in [0.1, 0.15) is 36.4 Å². The molecule has 0 spiro atoms. The second kappa shape index (κ2) is 7.11. The molecule has 4 rings (SSSR count). The number of piperidine rings is 1. The number of aryl methyl sites for hydroxylation is 2. The molecule has 1 aromatic carbocycles. The van der Waals surface area contributed by atoms with E-state index in [-0.39, 0.29) is 0 Å². The molecule has 2 aromatic rings. The van der Waals surface area contributed by atoms with Crippen LogP contribution in [-0.2, 0) is 22.6 Å². The van der Waals surface area contributed by atoms with Crippen LogP contribution in [0.4, 0.5) is 5.82 Å². The highest BCUT2D eigenvalue weighted by Crippen LogP contribution is 2.29. The van der Waals surface area contributed by atoms with E-state index in [0.29, 0.717) is 24.8 Å². The molecule has 136 valence electrons. The number of amides is 2. The van der Waals surface area contributed by atoms with E-state index in [1.54, 1.807) is 4.90 Å². The molecule has 1 fully saturated rings. The van der Waals surface area contributed by atoms with Gasteiger partial charge in [0.2, 0.25) is 0 Å². The first-order valence-electron chi connectivity index (χ1n) is 9.02. The van der Waals surface area contributed by atoms with Crippen LogP contribution in [0.25, 0.3) is 0 Å². The maximum atomic E-state index is 12.4. The highest BCUT2D eigenvalue weighted by Gasteiger charge is 2.28. The molecule has 1 N–H and O–H groups in total. The van der Waals surface area contributed by atoms with Crippen molar-refractivity contribution in [3.63, 3.8) is 0 Å². The average molecular weight is 373 g/mol. The Hall–Kier alpha value is -2.34. The van der Waals surface area contributed by atoms with Crippen molar-refractivity contribution in [2.45, 2.75) is 38.1 Å². The summed E-state index contributed by atoms with van der Waals surface area (Å²) in [6.45, 7) is 2.02. The largest absolute Gasteiger partial charge is 0.334 e. The molecule has 0 saturated carbocycles. The number of halogens is 1. The zero-order chi connectivity index (χ0) is 18.1. The van der Waals surface area contributed by atoms with Crippen LogP contribution < -0.4 is 5.32 Å². The number of anilines is 1. The second-order valence-electron chi connectivity index (χ2n) is 6.92. The topological polar surface area (TPSA) is 67.2 Å². The molecular weight excluding hydrogens is 352 g/mol. The number of fused-ring (bicyclic) bond motifs is 1. The molecule has 1 aromatic heterocycles. The van der Waals surface area contributed by atoms with Crippen molar-refractivity contribution in [3.05, 3.63) is 46.6 Å². The van der Waals surface area contributed by atoms with Crippen LogP contribution >= 0.6 is 11.6 Å². The number of benzene rings is 1. The van der Waals surface area contributed by atoms with Crippen molar-refractivity contribution < 1.29 is 9.59 Å². The Bertz CT molecular complexity index is 818. The summed E-state index contributed by atoms with van der Waals surface area (Å²) in [5.41, 5.74) is 2.30. The highest BCUT2D eigenvalue weighted by molar-refractivity contribution is 6.39. The minimum Gasteiger partial charge on any atom is -0.334 e. The third-order valence-electron chi connectivity index (χ3n) is 5.20. The highest BCUT2D eigenvalue weighted by atomic mass is 35.5. The first-order chi connectivity index (χ1) is 12.6. The maximum Gasteiger partial charge on any atom is 0.315 e. The molecular formula is C19H21ClN4O2. The van der Waals surface area contributed by atoms with Gasteiger partial charge in [-0.25, -0.2) is 0 Å². The van der Waals surface area contributed by atoms with Crippen molar-refractivity contribution in [1.82, 2.24) is 14.7 Å². The number of carbonyl (C=O) groups is 2. The Kier molecular flexibility index (Phi) is 4.68. The lowest BCUT2D eigenvalue weighted by atomic mass is 9.89. The van der Waals surface area contributed by atoms with Gasteiger partial charge in [-0.05, 0) is 49.3 Å². The van der Waals surface area contributed by atoms with Gasteiger partial charge in [0.25, 0.3) is 0 Å². The van der Waals surface area contributed by atoms with Crippen molar-refractivity contribution >= 4 is 29.2 Å². The Morgan fingerprint density at radius 1 is 1.15 bits per heavy atom. The zero-order valence-electron chi connectivity index (χ0n) is 14.4. The lowest BCUT2D eigenvalue weighted by molar-refractivity contribution is -0.143. The number of nitrogens with zero attached hydrogens (tertiary/aromatic N) is 3. The van der Waals surface area contributed by atoms with E-state index < -0.39 is 11.8 Å². The Balaban J connectivity index is 1.33. The summed E-state index contributed by atoms with van der Waals surface area (Å²) in [6, 6.07) is 9.71. The van der Waals surface area contributed by atoms with Gasteiger partial charge in [-0.1, -0.05) is 23.7 Å². The van der Waals surface area contributed by atoms with E-state index in [4.69, 9.17) is 11.6 Å². The molecule has 0 radical (unpaired) electrons. The summed E-state index contributed by atoms with van der Waals surface area (Å²) < 4.78 is 1.89. The molecule has 0 bridgehead atoms. The number of rotatable bonds is 2. The Morgan fingerprint density at radius 2 is 1.96 bits per heavy atom. The van der Waals surface area contributed by atoms with Crippen molar-refractivity contribution in [3.8, 4) is 0 Å². The minimum atomic E-state index is -0.608. The molecule has 0 unspecified atom stereocenters. The lowest BCUT2D eigenvalue weighted by Gasteiger charge is -2.31. The van der Waals surface area contributed by atoms with Gasteiger partial charge in [0.05, 0.1) is 0 Å². The number of carbonyl (C=O) groups excluding carboxylic acids is 2. The maximum absolute atomic E-state index is 12.4. The fraction of sp³-hybridized carbons (Fsp3) is 0.421. The van der Waals surface area contributed by atoms with Gasteiger partial charge in [0.15, 0.2) is 5.82 Å². The fourth-order valence-electron chi connectivity index (χ4n) is 3.81. The van der Waals surface area contributed by atoms with Crippen LogP contribution in [0, 0.1) is 0 Å². The first-order valence-corrected chi connectivity index (χ1v) is 9.40. The molecule has 2 amide bonds. The first kappa shape index (κ1) is 17.1. The SMILES string of the molecule is O=C(Nc1cc2n(n1)CCC2)C(=O)N1CCC(c2cccc(Cl)c2)CC1. The lowest BCUT2D eigenvalue weighted by Crippen LogP contribution is -2.43. The molecule has 3 heterocycles. The molecule has 0 atom stereocenters. The third-order valence-corrected chi connectivity index (χ3v) is 5.44. The van der Waals surface area contributed by atoms with E-state index in [2.05, 4.69) is 16.5 Å². The summed E-state index contributed by atoms with van der Waals surface area (Å²) in [5.74, 6) is -0.255. The summed E-state index contributed by atoms with van der Waals surface area (Å²) in [5, 5.41) is 7.69. The normalized spacial score (nSPS) is 17.2. The Morgan fingerprint density at radius 3 is 2.69 bits per heavy atom. The van der Waals surface area contributed by atoms with Crippen molar-refractivity contribution in [1.29, 1.82) is 0 Å². The van der Waals surface area contributed by atoms with Crippen molar-refractivity contribution in [2.24, 2.45) is 0 Å². The van der Waals surface area contributed by atoms with Gasteiger partial charge in [-0.2, -0.15) is 5.10 Å². The van der Waals surface area contributed by atoms with Gasteiger partial charge in [-0.15, -0.1) is 0 Å².